The van der Waals surface area contributed by atoms with Gasteiger partial charge in [0.05, 0.1) is 33.2 Å². The van der Waals surface area contributed by atoms with E-state index in [0.29, 0.717) is 57.0 Å². The third-order valence-corrected chi connectivity index (χ3v) is 7.58. The van der Waals surface area contributed by atoms with Crippen LogP contribution >= 0.6 is 11.3 Å². The van der Waals surface area contributed by atoms with Gasteiger partial charge < -0.3 is 24.0 Å². The molecule has 0 spiro atoms. The number of carbonyl (C=O) groups excluding carboxylic acids is 2. The zero-order chi connectivity index (χ0) is 28.0. The van der Waals surface area contributed by atoms with E-state index in [9.17, 15) is 9.59 Å². The van der Waals surface area contributed by atoms with Gasteiger partial charge in [-0.1, -0.05) is 49.4 Å². The van der Waals surface area contributed by atoms with Gasteiger partial charge >= 0.3 is 0 Å². The monoisotopic (exact) mass is 552 g/mol. The first-order valence-corrected chi connectivity index (χ1v) is 14.2. The van der Waals surface area contributed by atoms with Gasteiger partial charge in [0.2, 0.25) is 11.8 Å². The molecule has 0 aliphatic heterocycles. The summed E-state index contributed by atoms with van der Waals surface area (Å²) in [5.41, 5.74) is 2.01. The van der Waals surface area contributed by atoms with Crippen LogP contribution in [0.4, 0.5) is 0 Å². The second-order valence-corrected chi connectivity index (χ2v) is 10.3. The van der Waals surface area contributed by atoms with Crippen LogP contribution in [0.3, 0.4) is 0 Å². The van der Waals surface area contributed by atoms with E-state index in [1.54, 1.807) is 37.6 Å². The fourth-order valence-corrected chi connectivity index (χ4v) is 5.29. The number of benzene rings is 2. The van der Waals surface area contributed by atoms with E-state index in [0.717, 1.165) is 16.0 Å². The first-order valence-electron chi connectivity index (χ1n) is 13.3. The molecule has 1 heterocycles. The molecule has 1 aromatic heterocycles. The lowest BCUT2D eigenvalue weighted by Crippen LogP contribution is -2.45. The van der Waals surface area contributed by atoms with Gasteiger partial charge in [-0.3, -0.25) is 9.59 Å². The number of ether oxygens (including phenoxy) is 3. The highest BCUT2D eigenvalue weighted by atomic mass is 32.1. The summed E-state index contributed by atoms with van der Waals surface area (Å²) in [5, 5.41) is 2.01. The molecule has 0 saturated carbocycles. The number of hydrogen-bond acceptors (Lipinski definition) is 6. The van der Waals surface area contributed by atoms with Crippen molar-refractivity contribution in [3.8, 4) is 11.5 Å². The molecule has 8 heteroatoms. The zero-order valence-corrected chi connectivity index (χ0v) is 24.2. The highest BCUT2D eigenvalue weighted by molar-refractivity contribution is 7.09. The molecule has 0 fully saturated rings. The van der Waals surface area contributed by atoms with Crippen LogP contribution in [0.15, 0.2) is 66.0 Å². The number of rotatable bonds is 16. The van der Waals surface area contributed by atoms with Crippen molar-refractivity contribution >= 4 is 23.2 Å². The number of methoxy groups -OCH3 is 3. The Bertz CT molecular complexity index is 1150. The second kappa shape index (κ2) is 15.9. The Morgan fingerprint density at radius 1 is 0.897 bits per heavy atom. The van der Waals surface area contributed by atoms with Gasteiger partial charge in [0.1, 0.15) is 0 Å². The van der Waals surface area contributed by atoms with Gasteiger partial charge in [0, 0.05) is 31.7 Å². The predicted molar refractivity (Wildman–Crippen MR) is 156 cm³/mol. The van der Waals surface area contributed by atoms with Gasteiger partial charge in [-0.2, -0.15) is 0 Å². The molecular weight excluding hydrogens is 512 g/mol. The number of carbonyl (C=O) groups is 2. The van der Waals surface area contributed by atoms with Crippen LogP contribution in [0.1, 0.15) is 41.7 Å². The molecule has 39 heavy (non-hydrogen) atoms. The maximum atomic E-state index is 13.8. The van der Waals surface area contributed by atoms with E-state index >= 15 is 0 Å². The van der Waals surface area contributed by atoms with Crippen molar-refractivity contribution in [1.82, 2.24) is 9.80 Å². The molecule has 0 saturated heterocycles. The minimum Gasteiger partial charge on any atom is -0.493 e. The van der Waals surface area contributed by atoms with E-state index in [4.69, 9.17) is 14.2 Å². The Hall–Kier alpha value is -3.36. The maximum Gasteiger partial charge on any atom is 0.242 e. The predicted octanol–water partition coefficient (Wildman–Crippen LogP) is 5.40. The molecule has 1 atom stereocenters. The van der Waals surface area contributed by atoms with E-state index in [1.807, 2.05) is 77.9 Å². The molecule has 7 nitrogen and oxygen atoms in total. The summed E-state index contributed by atoms with van der Waals surface area (Å²) in [6.45, 7) is 4.05. The first kappa shape index (κ1) is 30.2. The van der Waals surface area contributed by atoms with Crippen molar-refractivity contribution < 1.29 is 23.8 Å². The smallest absolute Gasteiger partial charge is 0.242 e. The molecule has 2 amide bonds. The minimum absolute atomic E-state index is 0.0240. The zero-order valence-electron chi connectivity index (χ0n) is 23.4. The van der Waals surface area contributed by atoms with Gasteiger partial charge in [-0.05, 0) is 54.0 Å². The number of hydrogen-bond donors (Lipinski definition) is 0. The summed E-state index contributed by atoms with van der Waals surface area (Å²) in [7, 11) is 4.87. The Labute approximate surface area is 236 Å². The van der Waals surface area contributed by atoms with Crippen LogP contribution in [0.2, 0.25) is 0 Å². The normalized spacial score (nSPS) is 11.6. The fourth-order valence-electron chi connectivity index (χ4n) is 4.57. The average Bonchev–Trinajstić information content (AvgIpc) is 3.48. The number of nitrogens with zero attached hydrogens (tertiary/aromatic N) is 2. The summed E-state index contributed by atoms with van der Waals surface area (Å²) in [5.74, 6) is 0.940. The average molecular weight is 553 g/mol. The summed E-state index contributed by atoms with van der Waals surface area (Å²) in [6, 6.07) is 19.6. The van der Waals surface area contributed by atoms with E-state index in [2.05, 4.69) is 0 Å². The SMILES string of the molecule is CCC(C(=O)N(CCCOC)CC(=O)N(CCc1ccc(OC)c(OC)c1)Cc1cccs1)c1ccccc1. The van der Waals surface area contributed by atoms with Crippen LogP contribution in [-0.4, -0.2) is 69.2 Å². The van der Waals surface area contributed by atoms with Crippen molar-refractivity contribution in [2.45, 2.75) is 38.6 Å². The molecule has 1 unspecified atom stereocenters. The Balaban J connectivity index is 1.79. The van der Waals surface area contributed by atoms with E-state index in [-0.39, 0.29) is 24.3 Å². The van der Waals surface area contributed by atoms with Crippen LogP contribution < -0.4 is 9.47 Å². The molecule has 2 aromatic carbocycles. The molecular formula is C31H40N2O5S. The molecule has 3 aromatic rings. The third kappa shape index (κ3) is 8.83. The summed E-state index contributed by atoms with van der Waals surface area (Å²) in [4.78, 5) is 32.2. The summed E-state index contributed by atoms with van der Waals surface area (Å²) < 4.78 is 16.0. The Kier molecular flexibility index (Phi) is 12.3. The lowest BCUT2D eigenvalue weighted by atomic mass is 9.95. The topological polar surface area (TPSA) is 68.3 Å². The molecule has 0 aliphatic carbocycles. The standard InChI is InChI=1S/C31H40N2O5S/c1-5-27(25-11-7-6-8-12-25)31(35)33(17-10-19-36-2)23-30(34)32(22-26-13-9-20-39-26)18-16-24-14-15-28(37-3)29(21-24)38-4/h6-9,11-15,20-21,27H,5,10,16-19,22-23H2,1-4H3. The van der Waals surface area contributed by atoms with Crippen molar-refractivity contribution in [2.75, 3.05) is 47.6 Å². The highest BCUT2D eigenvalue weighted by Gasteiger charge is 2.27. The van der Waals surface area contributed by atoms with Crippen LogP contribution in [0.25, 0.3) is 0 Å². The van der Waals surface area contributed by atoms with Crippen molar-refractivity contribution in [3.63, 3.8) is 0 Å². The van der Waals surface area contributed by atoms with Crippen molar-refractivity contribution in [2.24, 2.45) is 0 Å². The number of amides is 2. The third-order valence-electron chi connectivity index (χ3n) is 6.72. The lowest BCUT2D eigenvalue weighted by molar-refractivity contribution is -0.142. The molecule has 0 aliphatic rings. The molecule has 0 radical (unpaired) electrons. The Morgan fingerprint density at radius 2 is 1.67 bits per heavy atom. The van der Waals surface area contributed by atoms with Gasteiger partial charge in [0.15, 0.2) is 11.5 Å². The minimum atomic E-state index is -0.293. The first-order chi connectivity index (χ1) is 19.0. The molecule has 0 N–H and O–H groups in total. The molecule has 3 rings (SSSR count). The quantitative estimate of drug-likeness (QED) is 0.223. The van der Waals surface area contributed by atoms with Gasteiger partial charge in [0.25, 0.3) is 0 Å². The largest absolute Gasteiger partial charge is 0.493 e. The molecule has 0 bridgehead atoms. The van der Waals surface area contributed by atoms with E-state index in [1.165, 1.54) is 0 Å². The van der Waals surface area contributed by atoms with Crippen molar-refractivity contribution in [3.05, 3.63) is 82.0 Å². The molecule has 210 valence electrons. The van der Waals surface area contributed by atoms with Gasteiger partial charge in [-0.15, -0.1) is 11.3 Å². The van der Waals surface area contributed by atoms with Crippen LogP contribution in [0, 0.1) is 0 Å². The lowest BCUT2D eigenvalue weighted by Gasteiger charge is -2.30. The van der Waals surface area contributed by atoms with Crippen LogP contribution in [0.5, 0.6) is 11.5 Å². The van der Waals surface area contributed by atoms with E-state index < -0.39 is 0 Å². The maximum absolute atomic E-state index is 13.8. The number of thiophene rings is 1. The highest BCUT2D eigenvalue weighted by Crippen LogP contribution is 2.28. The van der Waals surface area contributed by atoms with Crippen molar-refractivity contribution in [1.29, 1.82) is 0 Å². The van der Waals surface area contributed by atoms with Gasteiger partial charge in [-0.25, -0.2) is 0 Å². The fraction of sp³-hybridized carbons (Fsp3) is 0.419. The summed E-state index contributed by atoms with van der Waals surface area (Å²) >= 11 is 1.62. The van der Waals surface area contributed by atoms with Crippen LogP contribution in [-0.2, 0) is 27.3 Å². The Morgan fingerprint density at radius 3 is 2.31 bits per heavy atom. The second-order valence-electron chi connectivity index (χ2n) is 9.31. The summed E-state index contributed by atoms with van der Waals surface area (Å²) in [6.07, 6.45) is 1.98.